The van der Waals surface area contributed by atoms with Crippen LogP contribution in [0.2, 0.25) is 5.02 Å². The highest BCUT2D eigenvalue weighted by atomic mass is 35.5. The summed E-state index contributed by atoms with van der Waals surface area (Å²) in [6, 6.07) is 11.5. The number of halogens is 1. The lowest BCUT2D eigenvalue weighted by Gasteiger charge is -2.29. The highest BCUT2D eigenvalue weighted by Crippen LogP contribution is 2.41. The maximum absolute atomic E-state index is 10.0. The Hall–Kier alpha value is -3.51. The molecule has 2 aliphatic heterocycles. The summed E-state index contributed by atoms with van der Waals surface area (Å²) in [5.41, 5.74) is 3.00. The average molecular weight is 547 g/mol. The normalized spacial score (nSPS) is 18.7. The molecule has 0 amide bonds. The molecule has 0 saturated carbocycles. The van der Waals surface area contributed by atoms with Crippen LogP contribution in [-0.2, 0) is 4.74 Å². The molecule has 1 N–H and O–H groups in total. The van der Waals surface area contributed by atoms with Crippen LogP contribution >= 0.6 is 11.6 Å². The highest BCUT2D eigenvalue weighted by Gasteiger charge is 2.23. The van der Waals surface area contributed by atoms with Gasteiger partial charge in [-0.1, -0.05) is 11.6 Å². The monoisotopic (exact) mass is 546 g/mol. The molecule has 1 unspecified atom stereocenters. The molecule has 6 rings (SSSR count). The van der Waals surface area contributed by atoms with Crippen LogP contribution in [0.25, 0.3) is 21.9 Å². The van der Waals surface area contributed by atoms with Gasteiger partial charge in [-0.25, -0.2) is 0 Å². The van der Waals surface area contributed by atoms with Gasteiger partial charge >= 0.3 is 0 Å². The van der Waals surface area contributed by atoms with Crippen LogP contribution in [0, 0.1) is 17.2 Å². The summed E-state index contributed by atoms with van der Waals surface area (Å²) in [7, 11) is 2.16. The number of pyridine rings is 1. The van der Waals surface area contributed by atoms with Crippen molar-refractivity contribution in [2.24, 2.45) is 5.92 Å². The maximum atomic E-state index is 10.0. The van der Waals surface area contributed by atoms with Crippen molar-refractivity contribution in [1.29, 1.82) is 5.26 Å². The number of ether oxygens (including phenoxy) is 3. The number of hydrogen-bond acceptors (Lipinski definition) is 8. The van der Waals surface area contributed by atoms with E-state index in [1.165, 1.54) is 0 Å². The van der Waals surface area contributed by atoms with E-state index in [1.54, 1.807) is 18.5 Å². The van der Waals surface area contributed by atoms with Crippen molar-refractivity contribution in [3.63, 3.8) is 0 Å². The van der Waals surface area contributed by atoms with E-state index in [2.05, 4.69) is 28.3 Å². The third-order valence-corrected chi connectivity index (χ3v) is 7.76. The molecule has 2 aromatic carbocycles. The van der Waals surface area contributed by atoms with Gasteiger partial charge < -0.3 is 28.8 Å². The molecular formula is C30H31ClN4O4. The number of anilines is 2. The fourth-order valence-electron chi connectivity index (χ4n) is 5.32. The minimum Gasteiger partial charge on any atom is -0.493 e. The van der Waals surface area contributed by atoms with Crippen LogP contribution in [0.5, 0.6) is 11.5 Å². The van der Waals surface area contributed by atoms with Gasteiger partial charge in [-0.15, -0.1) is 0 Å². The fraction of sp³-hybridized carbons (Fsp3) is 0.400. The van der Waals surface area contributed by atoms with Gasteiger partial charge in [-0.2, -0.15) is 5.26 Å². The smallest absolute Gasteiger partial charge is 0.199 e. The van der Waals surface area contributed by atoms with Crippen LogP contribution in [0.3, 0.4) is 0 Å². The number of fused-ring (bicyclic) bond motifs is 2. The zero-order valence-electron chi connectivity index (χ0n) is 21.9. The van der Waals surface area contributed by atoms with E-state index < -0.39 is 0 Å². The number of nitriles is 1. The molecule has 4 aromatic rings. The Balaban J connectivity index is 1.41. The van der Waals surface area contributed by atoms with Gasteiger partial charge in [0, 0.05) is 41.2 Å². The molecule has 8 nitrogen and oxygen atoms in total. The van der Waals surface area contributed by atoms with E-state index in [0.29, 0.717) is 63.4 Å². The van der Waals surface area contributed by atoms with Crippen molar-refractivity contribution < 1.29 is 18.6 Å². The number of furan rings is 1. The van der Waals surface area contributed by atoms with Crippen LogP contribution in [-0.4, -0.2) is 49.5 Å². The Bertz CT molecular complexity index is 1520. The minimum atomic E-state index is -0.378. The third-order valence-electron chi connectivity index (χ3n) is 7.54. The van der Waals surface area contributed by atoms with Gasteiger partial charge in [-0.3, -0.25) is 4.98 Å². The van der Waals surface area contributed by atoms with Gasteiger partial charge in [0.15, 0.2) is 6.29 Å². The van der Waals surface area contributed by atoms with Crippen molar-refractivity contribution in [3.8, 4) is 17.6 Å². The standard InChI is InChI=1S/C30H31ClN4O4/c1-35-8-5-19(6-9-35)18-38-22-14-25-29(27(15-22)39-28-4-2-3-10-37-28)30(20(16-32)17-33-25)34-24-12-21(31)13-26-23(24)7-11-36-26/h7,11-15,17,19,28H,2-6,8-10,18H2,1H3,(H,33,34). The Labute approximate surface area is 232 Å². The van der Waals surface area contributed by atoms with Crippen molar-refractivity contribution in [2.45, 2.75) is 38.4 Å². The highest BCUT2D eigenvalue weighted by molar-refractivity contribution is 6.31. The number of rotatable bonds is 7. The molecule has 0 spiro atoms. The molecule has 9 heteroatoms. The summed E-state index contributed by atoms with van der Waals surface area (Å²) >= 11 is 6.39. The molecule has 202 valence electrons. The predicted octanol–water partition coefficient (Wildman–Crippen LogP) is 6.88. The lowest BCUT2D eigenvalue weighted by atomic mass is 9.98. The van der Waals surface area contributed by atoms with Gasteiger partial charge in [0.25, 0.3) is 0 Å². The lowest BCUT2D eigenvalue weighted by molar-refractivity contribution is -0.105. The van der Waals surface area contributed by atoms with Gasteiger partial charge in [0.1, 0.15) is 23.2 Å². The molecule has 0 radical (unpaired) electrons. The molecule has 2 saturated heterocycles. The molecule has 4 heterocycles. The first-order chi connectivity index (χ1) is 19.1. The second-order valence-electron chi connectivity index (χ2n) is 10.4. The van der Waals surface area contributed by atoms with Crippen molar-refractivity contribution in [1.82, 2.24) is 9.88 Å². The molecule has 39 heavy (non-hydrogen) atoms. The van der Waals surface area contributed by atoms with Crippen molar-refractivity contribution >= 4 is 44.8 Å². The molecule has 1 atom stereocenters. The van der Waals surface area contributed by atoms with Crippen LogP contribution in [0.15, 0.2) is 47.2 Å². The van der Waals surface area contributed by atoms with Gasteiger partial charge in [0.2, 0.25) is 0 Å². The number of benzene rings is 2. The fourth-order valence-corrected chi connectivity index (χ4v) is 5.53. The molecule has 0 bridgehead atoms. The summed E-state index contributed by atoms with van der Waals surface area (Å²) in [6.07, 6.45) is 7.88. The van der Waals surface area contributed by atoms with E-state index in [4.69, 9.17) is 30.2 Å². The number of aromatic nitrogens is 1. The molecule has 2 aromatic heterocycles. The van der Waals surface area contributed by atoms with Gasteiger partial charge in [0.05, 0.1) is 47.3 Å². The summed E-state index contributed by atoms with van der Waals surface area (Å²) in [5.74, 6) is 1.76. The van der Waals surface area contributed by atoms with Gasteiger partial charge in [-0.05, 0) is 63.9 Å². The third kappa shape index (κ3) is 5.62. The number of likely N-dealkylation sites (tertiary alicyclic amines) is 1. The largest absolute Gasteiger partial charge is 0.493 e. The summed E-state index contributed by atoms with van der Waals surface area (Å²) in [5, 5.41) is 15.5. The maximum Gasteiger partial charge on any atom is 0.199 e. The Kier molecular flexibility index (Phi) is 7.47. The summed E-state index contributed by atoms with van der Waals surface area (Å²) < 4.78 is 24.2. The number of nitrogens with one attached hydrogen (secondary N) is 1. The summed E-state index contributed by atoms with van der Waals surface area (Å²) in [4.78, 5) is 6.98. The van der Waals surface area contributed by atoms with E-state index >= 15 is 0 Å². The Morgan fingerprint density at radius 3 is 2.85 bits per heavy atom. The predicted molar refractivity (Wildman–Crippen MR) is 151 cm³/mol. The summed E-state index contributed by atoms with van der Waals surface area (Å²) in [6.45, 7) is 3.46. The zero-order chi connectivity index (χ0) is 26.8. The molecular weight excluding hydrogens is 516 g/mol. The first kappa shape index (κ1) is 25.8. The lowest BCUT2D eigenvalue weighted by Crippen LogP contribution is -2.32. The second kappa shape index (κ2) is 11.3. The Morgan fingerprint density at radius 2 is 2.05 bits per heavy atom. The number of piperidine rings is 1. The number of nitrogens with zero attached hydrogens (tertiary/aromatic N) is 3. The first-order valence-electron chi connectivity index (χ1n) is 13.5. The topological polar surface area (TPSA) is 92.8 Å². The molecule has 2 aliphatic rings. The van der Waals surface area contributed by atoms with Crippen LogP contribution in [0.4, 0.5) is 11.4 Å². The van der Waals surface area contributed by atoms with Crippen molar-refractivity contribution in [3.05, 3.63) is 53.4 Å². The Morgan fingerprint density at radius 1 is 1.18 bits per heavy atom. The molecule has 2 fully saturated rings. The quantitative estimate of drug-likeness (QED) is 0.268. The van der Waals surface area contributed by atoms with E-state index in [1.807, 2.05) is 24.3 Å². The van der Waals surface area contributed by atoms with E-state index in [-0.39, 0.29) is 6.29 Å². The van der Waals surface area contributed by atoms with E-state index in [9.17, 15) is 5.26 Å². The average Bonchev–Trinajstić information content (AvgIpc) is 3.42. The van der Waals surface area contributed by atoms with Crippen LogP contribution < -0.4 is 14.8 Å². The molecule has 0 aliphatic carbocycles. The van der Waals surface area contributed by atoms with Crippen molar-refractivity contribution in [2.75, 3.05) is 38.7 Å². The zero-order valence-corrected chi connectivity index (χ0v) is 22.7. The first-order valence-corrected chi connectivity index (χ1v) is 13.9. The SMILES string of the molecule is CN1CCC(COc2cc(OC3CCCCO3)c3c(Nc4cc(Cl)cc5occc45)c(C#N)cnc3c2)CC1. The van der Waals surface area contributed by atoms with E-state index in [0.717, 1.165) is 56.3 Å². The number of hydrogen-bond donors (Lipinski definition) is 1. The second-order valence-corrected chi connectivity index (χ2v) is 10.8. The van der Waals surface area contributed by atoms with Crippen LogP contribution in [0.1, 0.15) is 37.7 Å². The minimum absolute atomic E-state index is 0.378.